The van der Waals surface area contributed by atoms with Gasteiger partial charge in [0.15, 0.2) is 11.5 Å². The van der Waals surface area contributed by atoms with Gasteiger partial charge in [-0.15, -0.1) is 0 Å². The summed E-state index contributed by atoms with van der Waals surface area (Å²) in [5.41, 5.74) is 0.370. The van der Waals surface area contributed by atoms with Gasteiger partial charge in [0.05, 0.1) is 11.9 Å². The Morgan fingerprint density at radius 3 is 2.32 bits per heavy atom. The summed E-state index contributed by atoms with van der Waals surface area (Å²) in [5.74, 6) is 0.734. The smallest absolute Gasteiger partial charge is 0.245 e. The van der Waals surface area contributed by atoms with Gasteiger partial charge in [-0.25, -0.2) is 8.42 Å². The number of carbonyl (C=O) groups is 1. The number of hydrogen-bond donors (Lipinski definition) is 0. The Morgan fingerprint density at radius 2 is 1.77 bits per heavy atom. The van der Waals surface area contributed by atoms with E-state index in [0.29, 0.717) is 30.4 Å². The average Bonchev–Trinajstić information content (AvgIpc) is 2.44. The molecule has 0 bridgehead atoms. The van der Waals surface area contributed by atoms with Crippen molar-refractivity contribution in [3.05, 3.63) is 18.2 Å². The predicted octanol–water partition coefficient (Wildman–Crippen LogP) is 0.700. The van der Waals surface area contributed by atoms with Crippen LogP contribution < -0.4 is 13.8 Å². The Labute approximate surface area is 130 Å². The predicted molar refractivity (Wildman–Crippen MR) is 82.9 cm³/mol. The third-order valence-corrected chi connectivity index (χ3v) is 4.53. The molecule has 0 aliphatic carbocycles. The van der Waals surface area contributed by atoms with Crippen molar-refractivity contribution in [2.75, 3.05) is 37.9 Å². The molecular weight excluding hydrogens is 308 g/mol. The van der Waals surface area contributed by atoms with Crippen LogP contribution in [0.4, 0.5) is 5.69 Å². The van der Waals surface area contributed by atoms with Crippen molar-refractivity contribution >= 4 is 21.6 Å². The lowest BCUT2D eigenvalue weighted by Gasteiger charge is -2.30. The summed E-state index contributed by atoms with van der Waals surface area (Å²) >= 11 is 0. The zero-order chi connectivity index (χ0) is 16.5. The maximum Gasteiger partial charge on any atom is 0.245 e. The molecule has 2 rings (SSSR count). The molecule has 1 amide bonds. The van der Waals surface area contributed by atoms with E-state index in [1.54, 1.807) is 39.2 Å². The normalized spacial score (nSPS) is 15.1. The van der Waals surface area contributed by atoms with Crippen LogP contribution in [0.3, 0.4) is 0 Å². The first-order chi connectivity index (χ1) is 10.2. The highest BCUT2D eigenvalue weighted by Crippen LogP contribution is 2.35. The minimum atomic E-state index is -3.63. The lowest BCUT2D eigenvalue weighted by atomic mass is 10.2. The summed E-state index contributed by atoms with van der Waals surface area (Å²) in [4.78, 5) is 13.5. The van der Waals surface area contributed by atoms with E-state index < -0.39 is 16.1 Å². The van der Waals surface area contributed by atoms with Crippen molar-refractivity contribution in [2.24, 2.45) is 0 Å². The van der Waals surface area contributed by atoms with E-state index in [1.807, 2.05) is 0 Å². The van der Waals surface area contributed by atoms with Gasteiger partial charge < -0.3 is 14.4 Å². The Kier molecular flexibility index (Phi) is 4.50. The zero-order valence-electron chi connectivity index (χ0n) is 13.1. The quantitative estimate of drug-likeness (QED) is 0.813. The van der Waals surface area contributed by atoms with Gasteiger partial charge in [-0.1, -0.05) is 0 Å². The number of carbonyl (C=O) groups excluding carboxylic acids is 1. The molecule has 0 N–H and O–H groups in total. The van der Waals surface area contributed by atoms with Crippen molar-refractivity contribution in [3.63, 3.8) is 0 Å². The first-order valence-electron chi connectivity index (χ1n) is 6.82. The highest BCUT2D eigenvalue weighted by molar-refractivity contribution is 7.92. The zero-order valence-corrected chi connectivity index (χ0v) is 13.9. The van der Waals surface area contributed by atoms with E-state index in [4.69, 9.17) is 9.47 Å². The van der Waals surface area contributed by atoms with Gasteiger partial charge >= 0.3 is 0 Å². The van der Waals surface area contributed by atoms with Crippen molar-refractivity contribution in [1.29, 1.82) is 0 Å². The molecule has 1 atom stereocenters. The van der Waals surface area contributed by atoms with Crippen molar-refractivity contribution in [1.82, 2.24) is 4.90 Å². The molecule has 1 aliphatic heterocycles. The molecule has 0 spiro atoms. The molecule has 7 nitrogen and oxygen atoms in total. The summed E-state index contributed by atoms with van der Waals surface area (Å²) in [6, 6.07) is 3.98. The van der Waals surface area contributed by atoms with Crippen LogP contribution in [0.5, 0.6) is 11.5 Å². The first kappa shape index (κ1) is 16.4. The molecule has 0 unspecified atom stereocenters. The molecule has 0 radical (unpaired) electrons. The number of nitrogens with zero attached hydrogens (tertiary/aromatic N) is 2. The van der Waals surface area contributed by atoms with E-state index in [-0.39, 0.29) is 5.91 Å². The van der Waals surface area contributed by atoms with Gasteiger partial charge in [0.2, 0.25) is 15.9 Å². The van der Waals surface area contributed by atoms with Crippen LogP contribution in [0.1, 0.15) is 6.92 Å². The standard InChI is InChI=1S/C14H20N2O5S/c1-10(14(17)15(2)3)16(22(4,18)19)11-5-6-12-13(9-11)21-8-7-20-12/h5-6,9-10H,7-8H2,1-4H3/t10-/m0/s1. The molecule has 0 saturated carbocycles. The van der Waals surface area contributed by atoms with E-state index in [9.17, 15) is 13.2 Å². The molecule has 1 aromatic rings. The monoisotopic (exact) mass is 328 g/mol. The Balaban J connectivity index is 2.44. The lowest BCUT2D eigenvalue weighted by Crippen LogP contribution is -2.47. The van der Waals surface area contributed by atoms with Gasteiger partial charge in [-0.05, 0) is 19.1 Å². The molecule has 1 heterocycles. The van der Waals surface area contributed by atoms with Crippen LogP contribution in [0.2, 0.25) is 0 Å². The molecule has 0 fully saturated rings. The number of rotatable bonds is 4. The largest absolute Gasteiger partial charge is 0.486 e. The van der Waals surface area contributed by atoms with Crippen LogP contribution in [0, 0.1) is 0 Å². The molecular formula is C14H20N2O5S. The Hall–Kier alpha value is -1.96. The molecule has 122 valence electrons. The topological polar surface area (TPSA) is 76.2 Å². The Bertz CT molecular complexity index is 672. The van der Waals surface area contributed by atoms with Crippen molar-refractivity contribution < 1.29 is 22.7 Å². The number of hydrogen-bond acceptors (Lipinski definition) is 5. The minimum absolute atomic E-state index is 0.305. The highest BCUT2D eigenvalue weighted by Gasteiger charge is 2.31. The summed E-state index contributed by atoms with van der Waals surface area (Å²) in [5, 5.41) is 0. The van der Waals surface area contributed by atoms with Gasteiger partial charge in [0.1, 0.15) is 19.3 Å². The van der Waals surface area contributed by atoms with E-state index in [2.05, 4.69) is 0 Å². The summed E-state index contributed by atoms with van der Waals surface area (Å²) in [7, 11) is -0.460. The van der Waals surface area contributed by atoms with Crippen molar-refractivity contribution in [2.45, 2.75) is 13.0 Å². The van der Waals surface area contributed by atoms with Gasteiger partial charge in [-0.3, -0.25) is 9.10 Å². The second kappa shape index (κ2) is 6.04. The third-order valence-electron chi connectivity index (χ3n) is 3.29. The fraction of sp³-hybridized carbons (Fsp3) is 0.500. The average molecular weight is 328 g/mol. The van der Waals surface area contributed by atoms with Crippen LogP contribution in [0.25, 0.3) is 0 Å². The molecule has 1 aliphatic rings. The fourth-order valence-corrected chi connectivity index (χ4v) is 3.51. The second-order valence-corrected chi connectivity index (χ2v) is 7.15. The van der Waals surface area contributed by atoms with Crippen LogP contribution in [-0.4, -0.2) is 58.8 Å². The number of ether oxygens (including phenoxy) is 2. The number of benzene rings is 1. The van der Waals surface area contributed by atoms with E-state index >= 15 is 0 Å². The van der Waals surface area contributed by atoms with E-state index in [0.717, 1.165) is 10.6 Å². The number of sulfonamides is 1. The third kappa shape index (κ3) is 3.27. The van der Waals surface area contributed by atoms with Gasteiger partial charge in [-0.2, -0.15) is 0 Å². The highest BCUT2D eigenvalue weighted by atomic mass is 32.2. The number of anilines is 1. The summed E-state index contributed by atoms with van der Waals surface area (Å²) < 4.78 is 36.3. The number of amides is 1. The molecule has 0 saturated heterocycles. The molecule has 8 heteroatoms. The molecule has 1 aromatic carbocycles. The summed E-state index contributed by atoms with van der Waals surface area (Å²) in [6.45, 7) is 2.42. The van der Waals surface area contributed by atoms with Crippen molar-refractivity contribution in [3.8, 4) is 11.5 Å². The fourth-order valence-electron chi connectivity index (χ4n) is 2.35. The maximum absolute atomic E-state index is 12.2. The van der Waals surface area contributed by atoms with Gasteiger partial charge in [0.25, 0.3) is 0 Å². The minimum Gasteiger partial charge on any atom is -0.486 e. The second-order valence-electron chi connectivity index (χ2n) is 5.30. The van der Waals surface area contributed by atoms with Gasteiger partial charge in [0, 0.05) is 20.2 Å². The Morgan fingerprint density at radius 1 is 1.18 bits per heavy atom. The van der Waals surface area contributed by atoms with Crippen LogP contribution >= 0.6 is 0 Å². The number of likely N-dealkylation sites (N-methyl/N-ethyl adjacent to an activating group) is 1. The SMILES string of the molecule is C[C@@H](C(=O)N(C)C)N(c1ccc2c(c1)OCCO2)S(C)(=O)=O. The maximum atomic E-state index is 12.2. The lowest BCUT2D eigenvalue weighted by molar-refractivity contribution is -0.129. The summed E-state index contributed by atoms with van der Waals surface area (Å²) in [6.07, 6.45) is 1.07. The van der Waals surface area contributed by atoms with E-state index in [1.165, 1.54) is 4.90 Å². The first-order valence-corrected chi connectivity index (χ1v) is 8.67. The van der Waals surface area contributed by atoms with Crippen LogP contribution in [-0.2, 0) is 14.8 Å². The molecule has 22 heavy (non-hydrogen) atoms. The number of fused-ring (bicyclic) bond motifs is 1. The van der Waals surface area contributed by atoms with Crippen LogP contribution in [0.15, 0.2) is 18.2 Å². The molecule has 0 aromatic heterocycles.